The molecule has 2 fully saturated rings. The third kappa shape index (κ3) is 3.45. The average Bonchev–Trinajstić information content (AvgIpc) is 2.38. The summed E-state index contributed by atoms with van der Waals surface area (Å²) in [5.74, 6) is 2.96. The van der Waals surface area contributed by atoms with Crippen LogP contribution in [0.3, 0.4) is 0 Å². The largest absolute Gasteiger partial charge is 0.395 e. The lowest BCUT2D eigenvalue weighted by Crippen LogP contribution is -2.40. The number of hydrogen-bond acceptors (Lipinski definition) is 2. The number of rotatable bonds is 5. The fourth-order valence-corrected chi connectivity index (χ4v) is 4.15. The third-order valence-corrected chi connectivity index (χ3v) is 5.08. The van der Waals surface area contributed by atoms with Gasteiger partial charge in [0.2, 0.25) is 0 Å². The van der Waals surface area contributed by atoms with Crippen LogP contribution in [-0.2, 0) is 0 Å². The van der Waals surface area contributed by atoms with Crippen molar-refractivity contribution in [3.05, 3.63) is 0 Å². The summed E-state index contributed by atoms with van der Waals surface area (Å²) in [5, 5.41) is 9.09. The summed E-state index contributed by atoms with van der Waals surface area (Å²) < 4.78 is 0. The fourth-order valence-electron chi connectivity index (χ4n) is 4.15. The molecule has 0 saturated heterocycles. The van der Waals surface area contributed by atoms with Gasteiger partial charge in [0.1, 0.15) is 0 Å². The van der Waals surface area contributed by atoms with E-state index < -0.39 is 0 Å². The molecule has 2 nitrogen and oxygen atoms in total. The van der Waals surface area contributed by atoms with E-state index in [1.54, 1.807) is 0 Å². The van der Waals surface area contributed by atoms with Crippen LogP contribution >= 0.6 is 0 Å². The van der Waals surface area contributed by atoms with Crippen molar-refractivity contribution in [1.82, 2.24) is 4.90 Å². The number of likely N-dealkylation sites (N-methyl/N-ethyl adjacent to an activating group) is 1. The number of aliphatic hydroxyl groups is 1. The van der Waals surface area contributed by atoms with Crippen molar-refractivity contribution < 1.29 is 5.11 Å². The van der Waals surface area contributed by atoms with Gasteiger partial charge in [-0.25, -0.2) is 0 Å². The van der Waals surface area contributed by atoms with Gasteiger partial charge in [-0.15, -0.1) is 0 Å². The van der Waals surface area contributed by atoms with E-state index in [0.717, 1.165) is 30.8 Å². The van der Waals surface area contributed by atoms with E-state index in [1.807, 2.05) is 0 Å². The topological polar surface area (TPSA) is 23.5 Å². The molecule has 17 heavy (non-hydrogen) atoms. The standard InChI is InChI=1S/C15H29NO/c1-2-16(10-11-17)12-14-8-5-7-13-6-3-4-9-15(13)14/h13-15,17H,2-12H2,1H3/t13-,14-,15+/m0/s1. The zero-order chi connectivity index (χ0) is 12.1. The highest BCUT2D eigenvalue weighted by atomic mass is 16.3. The summed E-state index contributed by atoms with van der Waals surface area (Å²) in [6, 6.07) is 0. The smallest absolute Gasteiger partial charge is 0.0558 e. The van der Waals surface area contributed by atoms with Crippen LogP contribution in [0.4, 0.5) is 0 Å². The highest BCUT2D eigenvalue weighted by Gasteiger charge is 2.35. The SMILES string of the molecule is CCN(CCO)C[C@@H]1CCC[C@@H]2CCCC[C@H]21. The van der Waals surface area contributed by atoms with Gasteiger partial charge < -0.3 is 10.0 Å². The lowest BCUT2D eigenvalue weighted by Gasteiger charge is -2.43. The van der Waals surface area contributed by atoms with Gasteiger partial charge in [0, 0.05) is 13.1 Å². The molecule has 0 bridgehead atoms. The Morgan fingerprint density at radius 1 is 1.06 bits per heavy atom. The Morgan fingerprint density at radius 3 is 2.59 bits per heavy atom. The quantitative estimate of drug-likeness (QED) is 0.797. The van der Waals surface area contributed by atoms with Crippen molar-refractivity contribution in [3.63, 3.8) is 0 Å². The number of fused-ring (bicyclic) bond motifs is 1. The van der Waals surface area contributed by atoms with Gasteiger partial charge in [-0.2, -0.15) is 0 Å². The zero-order valence-corrected chi connectivity index (χ0v) is 11.4. The van der Waals surface area contributed by atoms with Crippen molar-refractivity contribution in [2.45, 2.75) is 51.9 Å². The molecule has 0 aromatic carbocycles. The molecule has 0 spiro atoms. The van der Waals surface area contributed by atoms with Gasteiger partial charge in [0.05, 0.1) is 6.61 Å². The third-order valence-electron chi connectivity index (χ3n) is 5.08. The zero-order valence-electron chi connectivity index (χ0n) is 11.4. The first-order valence-corrected chi connectivity index (χ1v) is 7.68. The van der Waals surface area contributed by atoms with E-state index >= 15 is 0 Å². The Kier molecular flexibility index (Phi) is 5.30. The van der Waals surface area contributed by atoms with E-state index in [9.17, 15) is 0 Å². The first kappa shape index (κ1) is 13.4. The van der Waals surface area contributed by atoms with Crippen molar-refractivity contribution in [2.24, 2.45) is 17.8 Å². The molecule has 0 unspecified atom stereocenters. The molecule has 0 aliphatic heterocycles. The molecular formula is C15H29NO. The highest BCUT2D eigenvalue weighted by molar-refractivity contribution is 4.86. The van der Waals surface area contributed by atoms with E-state index in [-0.39, 0.29) is 0 Å². The first-order valence-electron chi connectivity index (χ1n) is 7.68. The fraction of sp³-hybridized carbons (Fsp3) is 1.00. The summed E-state index contributed by atoms with van der Waals surface area (Å²) >= 11 is 0. The van der Waals surface area contributed by atoms with Crippen molar-refractivity contribution in [1.29, 1.82) is 0 Å². The van der Waals surface area contributed by atoms with Crippen LogP contribution in [0.1, 0.15) is 51.9 Å². The van der Waals surface area contributed by atoms with E-state index in [1.165, 1.54) is 51.5 Å². The lowest BCUT2D eigenvalue weighted by molar-refractivity contribution is 0.0685. The molecule has 2 rings (SSSR count). The minimum absolute atomic E-state index is 0.314. The maximum atomic E-state index is 9.09. The van der Waals surface area contributed by atoms with Gasteiger partial charge in [-0.1, -0.05) is 39.0 Å². The maximum absolute atomic E-state index is 9.09. The molecule has 0 heterocycles. The molecule has 0 aromatic rings. The Morgan fingerprint density at radius 2 is 1.82 bits per heavy atom. The molecule has 0 radical (unpaired) electrons. The van der Waals surface area contributed by atoms with Gasteiger partial charge in [0.15, 0.2) is 0 Å². The molecule has 0 amide bonds. The van der Waals surface area contributed by atoms with Crippen molar-refractivity contribution >= 4 is 0 Å². The first-order chi connectivity index (χ1) is 8.35. The molecule has 2 aliphatic carbocycles. The lowest BCUT2D eigenvalue weighted by atomic mass is 9.65. The van der Waals surface area contributed by atoms with E-state index in [0.29, 0.717) is 6.61 Å². The molecule has 100 valence electrons. The number of aliphatic hydroxyl groups excluding tert-OH is 1. The molecule has 2 saturated carbocycles. The summed E-state index contributed by atoms with van der Waals surface area (Å²) in [7, 11) is 0. The molecule has 2 aliphatic rings. The van der Waals surface area contributed by atoms with Crippen LogP contribution in [0.2, 0.25) is 0 Å². The second-order valence-electron chi connectivity index (χ2n) is 6.02. The second-order valence-corrected chi connectivity index (χ2v) is 6.02. The van der Waals surface area contributed by atoms with Gasteiger partial charge in [-0.3, -0.25) is 0 Å². The van der Waals surface area contributed by atoms with E-state index in [4.69, 9.17) is 5.11 Å². The summed E-state index contributed by atoms with van der Waals surface area (Å²) in [6.45, 7) is 5.72. The molecular weight excluding hydrogens is 210 g/mol. The highest BCUT2D eigenvalue weighted by Crippen LogP contribution is 2.43. The molecule has 1 N–H and O–H groups in total. The molecule has 3 atom stereocenters. The van der Waals surface area contributed by atoms with E-state index in [2.05, 4.69) is 11.8 Å². The van der Waals surface area contributed by atoms with Gasteiger partial charge in [0.25, 0.3) is 0 Å². The second kappa shape index (κ2) is 6.75. The Labute approximate surface area is 106 Å². The van der Waals surface area contributed by atoms with Crippen LogP contribution in [0.15, 0.2) is 0 Å². The van der Waals surface area contributed by atoms with Crippen molar-refractivity contribution in [2.75, 3.05) is 26.2 Å². The number of hydrogen-bond donors (Lipinski definition) is 1. The minimum atomic E-state index is 0.314. The average molecular weight is 239 g/mol. The maximum Gasteiger partial charge on any atom is 0.0558 e. The van der Waals surface area contributed by atoms with Crippen LogP contribution in [0, 0.1) is 17.8 Å². The van der Waals surface area contributed by atoms with Gasteiger partial charge in [-0.05, 0) is 37.1 Å². The Balaban J connectivity index is 1.89. The summed E-state index contributed by atoms with van der Waals surface area (Å²) in [6.07, 6.45) is 10.3. The van der Waals surface area contributed by atoms with Crippen LogP contribution < -0.4 is 0 Å². The van der Waals surface area contributed by atoms with Crippen LogP contribution in [0.5, 0.6) is 0 Å². The van der Waals surface area contributed by atoms with Gasteiger partial charge >= 0.3 is 0 Å². The normalized spacial score (nSPS) is 33.7. The minimum Gasteiger partial charge on any atom is -0.395 e. The van der Waals surface area contributed by atoms with Crippen molar-refractivity contribution in [3.8, 4) is 0 Å². The predicted octanol–water partition coefficient (Wildman–Crippen LogP) is 2.91. The molecule has 2 heteroatoms. The monoisotopic (exact) mass is 239 g/mol. The summed E-state index contributed by atoms with van der Waals surface area (Å²) in [4.78, 5) is 2.45. The summed E-state index contributed by atoms with van der Waals surface area (Å²) in [5.41, 5.74) is 0. The predicted molar refractivity (Wildman–Crippen MR) is 72.0 cm³/mol. The Bertz CT molecular complexity index is 217. The van der Waals surface area contributed by atoms with Crippen LogP contribution in [-0.4, -0.2) is 36.2 Å². The number of nitrogens with zero attached hydrogens (tertiary/aromatic N) is 1. The Hall–Kier alpha value is -0.0800. The van der Waals surface area contributed by atoms with Crippen LogP contribution in [0.25, 0.3) is 0 Å². The molecule has 0 aromatic heterocycles.